The lowest BCUT2D eigenvalue weighted by Crippen LogP contribution is -2.44. The lowest BCUT2D eigenvalue weighted by molar-refractivity contribution is 0.168. The molecule has 2 aliphatic heterocycles. The van der Waals surface area contributed by atoms with Crippen molar-refractivity contribution in [2.75, 3.05) is 39.3 Å². The van der Waals surface area contributed by atoms with Crippen LogP contribution in [0.15, 0.2) is 16.1 Å². The minimum absolute atomic E-state index is 0. The van der Waals surface area contributed by atoms with Crippen molar-refractivity contribution in [3.63, 3.8) is 0 Å². The molecule has 0 aromatic rings. The van der Waals surface area contributed by atoms with Crippen molar-refractivity contribution in [3.05, 3.63) is 11.1 Å². The van der Waals surface area contributed by atoms with E-state index in [1.807, 2.05) is 0 Å². The molecule has 2 heterocycles. The van der Waals surface area contributed by atoms with Crippen molar-refractivity contribution in [2.24, 2.45) is 4.99 Å². The van der Waals surface area contributed by atoms with Gasteiger partial charge in [0.25, 0.3) is 0 Å². The van der Waals surface area contributed by atoms with Gasteiger partial charge in [-0.2, -0.15) is 0 Å². The second-order valence-corrected chi connectivity index (χ2v) is 6.79. The molecule has 2 aliphatic rings. The molecule has 0 amide bonds. The highest BCUT2D eigenvalue weighted by atomic mass is 127. The van der Waals surface area contributed by atoms with Gasteiger partial charge in [-0.25, -0.2) is 4.99 Å². The Hall–Kier alpha value is 0.180. The summed E-state index contributed by atoms with van der Waals surface area (Å²) in [5.41, 5.74) is 0. The van der Waals surface area contributed by atoms with Gasteiger partial charge in [-0.05, 0) is 39.3 Å². The number of guanidine groups is 1. The smallest absolute Gasteiger partial charge is 0.194 e. The van der Waals surface area contributed by atoms with Crippen LogP contribution in [0.5, 0.6) is 0 Å². The summed E-state index contributed by atoms with van der Waals surface area (Å²) in [7, 11) is 0. The maximum absolute atomic E-state index is 4.64. The molecule has 0 bridgehead atoms. The number of halogens is 2. The molecular formula is C15H28BrIN4. The summed E-state index contributed by atoms with van der Waals surface area (Å²) in [6, 6.07) is 0.714. The van der Waals surface area contributed by atoms with Gasteiger partial charge in [-0.1, -0.05) is 28.9 Å². The number of nitrogens with one attached hydrogen (secondary N) is 1. The number of piperidine rings is 1. The summed E-state index contributed by atoms with van der Waals surface area (Å²) in [5, 5.41) is 3.40. The van der Waals surface area contributed by atoms with Crippen LogP contribution in [0.4, 0.5) is 0 Å². The number of hydrogen-bond donors (Lipinski definition) is 1. The van der Waals surface area contributed by atoms with Crippen LogP contribution in [-0.2, 0) is 0 Å². The van der Waals surface area contributed by atoms with Gasteiger partial charge in [0.15, 0.2) is 5.96 Å². The first-order valence-electron chi connectivity index (χ1n) is 7.81. The van der Waals surface area contributed by atoms with Gasteiger partial charge in [0.1, 0.15) is 0 Å². The summed E-state index contributed by atoms with van der Waals surface area (Å²) < 4.78 is 0.930. The summed E-state index contributed by atoms with van der Waals surface area (Å²) in [5.74, 6) is 1.03. The highest BCUT2D eigenvalue weighted by molar-refractivity contribution is 14.0. The summed E-state index contributed by atoms with van der Waals surface area (Å²) in [6.07, 6.45) is 5.41. The van der Waals surface area contributed by atoms with Crippen molar-refractivity contribution in [1.82, 2.24) is 15.1 Å². The van der Waals surface area contributed by atoms with Crippen LogP contribution < -0.4 is 5.32 Å². The Morgan fingerprint density at radius 3 is 2.62 bits per heavy atom. The van der Waals surface area contributed by atoms with E-state index in [0.717, 1.165) is 30.1 Å². The van der Waals surface area contributed by atoms with Crippen LogP contribution in [0.25, 0.3) is 0 Å². The van der Waals surface area contributed by atoms with Gasteiger partial charge in [0, 0.05) is 30.2 Å². The van der Waals surface area contributed by atoms with Crippen molar-refractivity contribution >= 4 is 45.9 Å². The topological polar surface area (TPSA) is 30.9 Å². The first kappa shape index (κ1) is 19.2. The van der Waals surface area contributed by atoms with Gasteiger partial charge in [-0.15, -0.1) is 24.0 Å². The Morgan fingerprint density at radius 2 is 2.00 bits per heavy atom. The molecule has 0 aliphatic carbocycles. The van der Waals surface area contributed by atoms with E-state index >= 15 is 0 Å². The van der Waals surface area contributed by atoms with E-state index in [0.29, 0.717) is 12.6 Å². The molecule has 122 valence electrons. The number of likely N-dealkylation sites (tertiary alicyclic amines) is 2. The first-order chi connectivity index (χ1) is 9.70. The zero-order chi connectivity index (χ0) is 14.4. The third-order valence-electron chi connectivity index (χ3n) is 4.11. The highest BCUT2D eigenvalue weighted by Crippen LogP contribution is 2.20. The standard InChI is InChI=1S/C15H27BrN4.HI/c1-3-17-15(18-11-13(2)16)20-10-7-14(12-20)19-8-5-4-6-9-19;/h14H,2-12H2,1H3,(H,17,18);1H. The van der Waals surface area contributed by atoms with Gasteiger partial charge >= 0.3 is 0 Å². The zero-order valence-corrected chi connectivity index (χ0v) is 16.9. The molecule has 2 fully saturated rings. The molecule has 21 heavy (non-hydrogen) atoms. The molecule has 1 N–H and O–H groups in total. The maximum atomic E-state index is 4.64. The average molecular weight is 471 g/mol. The molecule has 1 unspecified atom stereocenters. The third kappa shape index (κ3) is 6.06. The largest absolute Gasteiger partial charge is 0.357 e. The Morgan fingerprint density at radius 1 is 1.29 bits per heavy atom. The van der Waals surface area contributed by atoms with E-state index in [-0.39, 0.29) is 24.0 Å². The van der Waals surface area contributed by atoms with Crippen molar-refractivity contribution in [3.8, 4) is 0 Å². The van der Waals surface area contributed by atoms with Crippen LogP contribution in [0.1, 0.15) is 32.6 Å². The van der Waals surface area contributed by atoms with Crippen molar-refractivity contribution in [1.29, 1.82) is 0 Å². The molecule has 2 rings (SSSR count). The Labute approximate surface area is 154 Å². The molecule has 2 saturated heterocycles. The molecule has 4 nitrogen and oxygen atoms in total. The fraction of sp³-hybridized carbons (Fsp3) is 0.800. The van der Waals surface area contributed by atoms with E-state index in [9.17, 15) is 0 Å². The second-order valence-electron chi connectivity index (χ2n) is 5.67. The van der Waals surface area contributed by atoms with Crippen molar-refractivity contribution < 1.29 is 0 Å². The van der Waals surface area contributed by atoms with Crippen LogP contribution in [0.2, 0.25) is 0 Å². The van der Waals surface area contributed by atoms with E-state index in [1.165, 1.54) is 38.8 Å². The average Bonchev–Trinajstić information content (AvgIpc) is 2.94. The van der Waals surface area contributed by atoms with Gasteiger partial charge < -0.3 is 10.2 Å². The molecule has 6 heteroatoms. The summed E-state index contributed by atoms with van der Waals surface area (Å²) in [6.45, 7) is 12.3. The minimum atomic E-state index is 0. The Bertz CT molecular complexity index is 356. The molecule has 0 saturated carbocycles. The molecule has 0 aromatic heterocycles. The second kappa shape index (κ2) is 10.0. The molecule has 0 radical (unpaired) electrons. The Kier molecular flexibility index (Phi) is 9.20. The number of hydrogen-bond acceptors (Lipinski definition) is 2. The predicted molar refractivity (Wildman–Crippen MR) is 105 cm³/mol. The zero-order valence-electron chi connectivity index (χ0n) is 13.0. The fourth-order valence-electron chi connectivity index (χ4n) is 3.10. The number of nitrogens with zero attached hydrogens (tertiary/aromatic N) is 3. The van der Waals surface area contributed by atoms with E-state index in [1.54, 1.807) is 0 Å². The normalized spacial score (nSPS) is 23.8. The van der Waals surface area contributed by atoms with Gasteiger partial charge in [0.2, 0.25) is 0 Å². The summed E-state index contributed by atoms with van der Waals surface area (Å²) in [4.78, 5) is 9.72. The number of rotatable bonds is 4. The minimum Gasteiger partial charge on any atom is -0.357 e. The van der Waals surface area contributed by atoms with Crippen LogP contribution in [-0.4, -0.2) is 61.1 Å². The van der Waals surface area contributed by atoms with Crippen LogP contribution in [0.3, 0.4) is 0 Å². The first-order valence-corrected chi connectivity index (χ1v) is 8.60. The SMILES string of the molecule is C=C(Br)CN=C(NCC)N1CCC(N2CCCCC2)C1.I. The van der Waals surface area contributed by atoms with Crippen molar-refractivity contribution in [2.45, 2.75) is 38.6 Å². The van der Waals surface area contributed by atoms with E-state index in [2.05, 4.69) is 49.5 Å². The third-order valence-corrected chi connectivity index (χ3v) is 4.36. The lowest BCUT2D eigenvalue weighted by Gasteiger charge is -2.32. The highest BCUT2D eigenvalue weighted by Gasteiger charge is 2.29. The predicted octanol–water partition coefficient (Wildman–Crippen LogP) is 3.04. The van der Waals surface area contributed by atoms with Crippen LogP contribution in [0, 0.1) is 0 Å². The quantitative estimate of drug-likeness (QED) is 0.389. The van der Waals surface area contributed by atoms with E-state index < -0.39 is 0 Å². The van der Waals surface area contributed by atoms with Crippen LogP contribution >= 0.6 is 39.9 Å². The molecule has 0 aromatic carbocycles. The maximum Gasteiger partial charge on any atom is 0.194 e. The lowest BCUT2D eigenvalue weighted by atomic mass is 10.1. The van der Waals surface area contributed by atoms with Gasteiger partial charge in [-0.3, -0.25) is 4.90 Å². The Balaban J connectivity index is 0.00000220. The molecule has 0 spiro atoms. The number of aliphatic imine (C=N–C) groups is 1. The molecular weight excluding hydrogens is 443 g/mol. The molecule has 1 atom stereocenters. The van der Waals surface area contributed by atoms with Gasteiger partial charge in [0.05, 0.1) is 6.54 Å². The van der Waals surface area contributed by atoms with E-state index in [4.69, 9.17) is 0 Å². The monoisotopic (exact) mass is 470 g/mol. The fourth-order valence-corrected chi connectivity index (χ4v) is 3.23. The summed E-state index contributed by atoms with van der Waals surface area (Å²) >= 11 is 3.38.